The van der Waals surface area contributed by atoms with Crippen LogP contribution in [0.3, 0.4) is 0 Å². The molecule has 1 fully saturated rings. The summed E-state index contributed by atoms with van der Waals surface area (Å²) in [4.78, 5) is 16.6. The smallest absolute Gasteiger partial charge is 0.263 e. The highest BCUT2D eigenvalue weighted by Crippen LogP contribution is 2.32. The minimum absolute atomic E-state index is 0.0357. The normalized spacial score (nSPS) is 19.6. The molecule has 1 saturated carbocycles. The van der Waals surface area contributed by atoms with Crippen molar-refractivity contribution < 1.29 is 13.2 Å². The van der Waals surface area contributed by atoms with E-state index in [1.807, 2.05) is 0 Å². The first kappa shape index (κ1) is 21.8. The molecular weight excluding hydrogens is 406 g/mol. The van der Waals surface area contributed by atoms with Crippen molar-refractivity contribution in [3.63, 3.8) is 0 Å². The van der Waals surface area contributed by atoms with Crippen molar-refractivity contribution in [2.75, 3.05) is 10.0 Å². The molecule has 0 aliphatic heterocycles. The van der Waals surface area contributed by atoms with Crippen molar-refractivity contribution in [2.45, 2.75) is 63.2 Å². The average molecular weight is 436 g/mol. The Morgan fingerprint density at radius 1 is 1.14 bits per heavy atom. The molecule has 1 aliphatic carbocycles. The maximum absolute atomic E-state index is 12.6. The number of rotatable bonds is 9. The fraction of sp³-hybridized carbons (Fsp3) is 0.524. The molecule has 0 unspecified atom stereocenters. The topological polar surface area (TPSA) is 88.2 Å². The van der Waals surface area contributed by atoms with Gasteiger partial charge in [-0.15, -0.1) is 11.3 Å². The van der Waals surface area contributed by atoms with Crippen molar-refractivity contribution in [2.24, 2.45) is 11.8 Å². The zero-order valence-electron chi connectivity index (χ0n) is 16.8. The molecule has 0 spiro atoms. The summed E-state index contributed by atoms with van der Waals surface area (Å²) in [5.41, 5.74) is 0.619. The molecule has 29 heavy (non-hydrogen) atoms. The number of carbonyl (C=O) groups is 1. The number of unbranched alkanes of at least 4 members (excludes halogenated alkanes) is 2. The van der Waals surface area contributed by atoms with Crippen LogP contribution in [0.25, 0.3) is 0 Å². The third-order valence-electron chi connectivity index (χ3n) is 5.52. The maximum Gasteiger partial charge on any atom is 0.263 e. The van der Waals surface area contributed by atoms with Gasteiger partial charge in [-0.25, -0.2) is 13.4 Å². The lowest BCUT2D eigenvalue weighted by atomic mass is 9.79. The Hall–Kier alpha value is -1.93. The third kappa shape index (κ3) is 6.27. The minimum Gasteiger partial charge on any atom is -0.326 e. The lowest BCUT2D eigenvalue weighted by molar-refractivity contribution is -0.121. The number of nitrogens with one attached hydrogen (secondary N) is 2. The van der Waals surface area contributed by atoms with Crippen LogP contribution in [0.5, 0.6) is 0 Å². The number of anilines is 2. The summed E-state index contributed by atoms with van der Waals surface area (Å²) in [5.74, 6) is 0.848. The molecule has 8 heteroatoms. The standard InChI is InChI=1S/C21H29N3O3S2/c1-2-3-4-5-16-6-8-17(9-7-16)20(25)23-18-10-12-19(13-11-18)29(26,27)24-21-22-14-15-28-21/h10-17H,2-9H2,1H3,(H,22,24)(H,23,25). The van der Waals surface area contributed by atoms with Crippen molar-refractivity contribution in [1.82, 2.24) is 4.98 Å². The van der Waals surface area contributed by atoms with Gasteiger partial charge in [0.15, 0.2) is 5.13 Å². The van der Waals surface area contributed by atoms with Crippen LogP contribution in [0, 0.1) is 11.8 Å². The van der Waals surface area contributed by atoms with Gasteiger partial charge in [0.05, 0.1) is 4.90 Å². The zero-order chi connectivity index (χ0) is 20.7. The van der Waals surface area contributed by atoms with Crippen LogP contribution in [0.1, 0.15) is 58.3 Å². The molecule has 3 rings (SSSR count). The van der Waals surface area contributed by atoms with E-state index >= 15 is 0 Å². The predicted molar refractivity (Wildman–Crippen MR) is 118 cm³/mol. The van der Waals surface area contributed by atoms with Crippen LogP contribution in [-0.4, -0.2) is 19.3 Å². The van der Waals surface area contributed by atoms with Gasteiger partial charge in [0.25, 0.3) is 10.0 Å². The first-order valence-corrected chi connectivity index (χ1v) is 12.7. The summed E-state index contributed by atoms with van der Waals surface area (Å²) < 4.78 is 27.2. The van der Waals surface area contributed by atoms with E-state index in [2.05, 4.69) is 21.9 Å². The monoisotopic (exact) mass is 435 g/mol. The Morgan fingerprint density at radius 3 is 2.48 bits per heavy atom. The van der Waals surface area contributed by atoms with Gasteiger partial charge in [-0.3, -0.25) is 9.52 Å². The number of benzene rings is 1. The molecule has 2 aromatic rings. The zero-order valence-corrected chi connectivity index (χ0v) is 18.4. The molecule has 0 saturated heterocycles. The van der Waals surface area contributed by atoms with Crippen molar-refractivity contribution in [1.29, 1.82) is 0 Å². The molecule has 1 aliphatic rings. The van der Waals surface area contributed by atoms with E-state index in [1.54, 1.807) is 23.7 Å². The fourth-order valence-corrected chi connectivity index (χ4v) is 5.59. The minimum atomic E-state index is -3.68. The van der Waals surface area contributed by atoms with E-state index < -0.39 is 10.0 Å². The number of carbonyl (C=O) groups excluding carboxylic acids is 1. The second-order valence-corrected chi connectivity index (χ2v) is 10.2. The van der Waals surface area contributed by atoms with Gasteiger partial charge in [0.2, 0.25) is 5.91 Å². The SMILES string of the molecule is CCCCCC1CCC(C(=O)Nc2ccc(S(=O)(=O)Nc3nccs3)cc2)CC1. The number of sulfonamides is 1. The Kier molecular flexibility index (Phi) is 7.66. The van der Waals surface area contributed by atoms with E-state index in [4.69, 9.17) is 0 Å². The van der Waals surface area contributed by atoms with Gasteiger partial charge in [-0.05, 0) is 55.9 Å². The van der Waals surface area contributed by atoms with E-state index in [1.165, 1.54) is 49.2 Å². The molecule has 2 N–H and O–H groups in total. The number of amides is 1. The summed E-state index contributed by atoms with van der Waals surface area (Å²) in [6, 6.07) is 6.25. The molecule has 0 atom stereocenters. The Bertz CT molecular complexity index is 872. The van der Waals surface area contributed by atoms with Gasteiger partial charge in [-0.2, -0.15) is 0 Å². The van der Waals surface area contributed by atoms with Crippen LogP contribution in [0.4, 0.5) is 10.8 Å². The molecule has 6 nitrogen and oxygen atoms in total. The average Bonchev–Trinajstić information content (AvgIpc) is 3.21. The van der Waals surface area contributed by atoms with E-state index in [-0.39, 0.29) is 16.7 Å². The van der Waals surface area contributed by atoms with Crippen LogP contribution in [0.15, 0.2) is 40.7 Å². The summed E-state index contributed by atoms with van der Waals surface area (Å²) >= 11 is 1.22. The Balaban J connectivity index is 1.50. The highest BCUT2D eigenvalue weighted by molar-refractivity contribution is 7.93. The predicted octanol–water partition coefficient (Wildman–Crippen LogP) is 5.27. The second kappa shape index (κ2) is 10.2. The summed E-state index contributed by atoms with van der Waals surface area (Å²) in [5, 5.41) is 4.97. The highest BCUT2D eigenvalue weighted by Gasteiger charge is 2.26. The van der Waals surface area contributed by atoms with Crippen LogP contribution in [0.2, 0.25) is 0 Å². The lowest BCUT2D eigenvalue weighted by Crippen LogP contribution is -2.27. The van der Waals surface area contributed by atoms with E-state index in [9.17, 15) is 13.2 Å². The number of hydrogen-bond donors (Lipinski definition) is 2. The van der Waals surface area contributed by atoms with Crippen molar-refractivity contribution in [3.05, 3.63) is 35.8 Å². The first-order chi connectivity index (χ1) is 14.0. The van der Waals surface area contributed by atoms with E-state index in [0.29, 0.717) is 10.8 Å². The number of thiazole rings is 1. The van der Waals surface area contributed by atoms with Crippen LogP contribution >= 0.6 is 11.3 Å². The first-order valence-electron chi connectivity index (χ1n) is 10.3. The highest BCUT2D eigenvalue weighted by atomic mass is 32.2. The summed E-state index contributed by atoms with van der Waals surface area (Å²) in [6.07, 6.45) is 10.8. The van der Waals surface area contributed by atoms with Gasteiger partial charge >= 0.3 is 0 Å². The van der Waals surface area contributed by atoms with Crippen molar-refractivity contribution >= 4 is 38.1 Å². The Labute approximate surface area is 177 Å². The number of nitrogens with zero attached hydrogens (tertiary/aromatic N) is 1. The number of aromatic nitrogens is 1. The van der Waals surface area contributed by atoms with E-state index in [0.717, 1.165) is 31.6 Å². The quantitative estimate of drug-likeness (QED) is 0.525. The van der Waals surface area contributed by atoms with Crippen LogP contribution < -0.4 is 10.0 Å². The summed E-state index contributed by atoms with van der Waals surface area (Å²) in [7, 11) is -3.68. The second-order valence-electron chi connectivity index (χ2n) is 7.67. The molecule has 158 valence electrons. The molecule has 1 aromatic carbocycles. The van der Waals surface area contributed by atoms with Gasteiger partial charge in [0.1, 0.15) is 0 Å². The molecule has 1 aromatic heterocycles. The maximum atomic E-state index is 12.6. The molecule has 0 bridgehead atoms. The van der Waals surface area contributed by atoms with Gasteiger partial charge in [-0.1, -0.05) is 32.6 Å². The van der Waals surface area contributed by atoms with Crippen molar-refractivity contribution in [3.8, 4) is 0 Å². The van der Waals surface area contributed by atoms with Gasteiger partial charge < -0.3 is 5.32 Å². The lowest BCUT2D eigenvalue weighted by Gasteiger charge is -2.27. The fourth-order valence-electron chi connectivity index (χ4n) is 3.81. The Morgan fingerprint density at radius 2 is 1.86 bits per heavy atom. The van der Waals surface area contributed by atoms with Crippen LogP contribution in [-0.2, 0) is 14.8 Å². The molecule has 1 heterocycles. The largest absolute Gasteiger partial charge is 0.326 e. The van der Waals surface area contributed by atoms with Gasteiger partial charge in [0, 0.05) is 23.2 Å². The third-order valence-corrected chi connectivity index (χ3v) is 7.69. The molecule has 0 radical (unpaired) electrons. The molecular formula is C21H29N3O3S2. The molecule has 1 amide bonds. The summed E-state index contributed by atoms with van der Waals surface area (Å²) in [6.45, 7) is 2.22. The number of hydrogen-bond acceptors (Lipinski definition) is 5.